The first-order chi connectivity index (χ1) is 16.0. The zero-order chi connectivity index (χ0) is 23.4. The van der Waals surface area contributed by atoms with Gasteiger partial charge < -0.3 is 19.3 Å². The Balaban J connectivity index is 1.54. The third-order valence-corrected chi connectivity index (χ3v) is 5.84. The first kappa shape index (κ1) is 22.6. The van der Waals surface area contributed by atoms with Gasteiger partial charge in [-0.25, -0.2) is 9.38 Å². The first-order valence-corrected chi connectivity index (χ1v) is 10.9. The van der Waals surface area contributed by atoms with Gasteiger partial charge in [0, 0.05) is 37.9 Å². The molecule has 0 aromatic heterocycles. The van der Waals surface area contributed by atoms with Crippen molar-refractivity contribution in [2.24, 2.45) is 10.9 Å². The number of methoxy groups -OCH3 is 1. The van der Waals surface area contributed by atoms with E-state index in [-0.39, 0.29) is 6.61 Å². The molecule has 2 heterocycles. The van der Waals surface area contributed by atoms with Gasteiger partial charge in [-0.1, -0.05) is 18.2 Å². The van der Waals surface area contributed by atoms with Gasteiger partial charge in [0.2, 0.25) is 11.9 Å². The van der Waals surface area contributed by atoms with Crippen molar-refractivity contribution < 1.29 is 23.5 Å². The van der Waals surface area contributed by atoms with Gasteiger partial charge in [-0.3, -0.25) is 14.9 Å². The van der Waals surface area contributed by atoms with Crippen LogP contribution in [0.1, 0.15) is 18.5 Å². The van der Waals surface area contributed by atoms with Crippen molar-refractivity contribution >= 4 is 23.5 Å². The second kappa shape index (κ2) is 9.89. The standard InChI is InChI=1S/C24H27FN4O4/c1-3-33-23(31)20-21(16-7-9-17(25)10-8-16)26-24(27-22(20)30)29-13-11-28(12-14-29)18-5-4-6-19(15-18)32-2/h4-10,15,20-21H,3,11-14H2,1-2H3,(H,26,27,30)/t20-,21-/m0/s1. The number of benzene rings is 2. The van der Waals surface area contributed by atoms with Crippen LogP contribution in [0.3, 0.4) is 0 Å². The summed E-state index contributed by atoms with van der Waals surface area (Å²) < 4.78 is 23.9. The lowest BCUT2D eigenvalue weighted by Gasteiger charge is -2.39. The van der Waals surface area contributed by atoms with Crippen LogP contribution in [0.25, 0.3) is 0 Å². The fourth-order valence-corrected chi connectivity index (χ4v) is 4.11. The summed E-state index contributed by atoms with van der Waals surface area (Å²) in [5.41, 5.74) is 1.65. The fourth-order valence-electron chi connectivity index (χ4n) is 4.11. The normalized spacial score (nSPS) is 20.7. The van der Waals surface area contributed by atoms with Crippen molar-refractivity contribution in [3.05, 3.63) is 59.9 Å². The largest absolute Gasteiger partial charge is 0.497 e. The predicted octanol–water partition coefficient (Wildman–Crippen LogP) is 2.36. The highest BCUT2D eigenvalue weighted by molar-refractivity contribution is 6.08. The molecule has 1 N–H and O–H groups in total. The molecule has 0 saturated carbocycles. The number of nitrogens with zero attached hydrogens (tertiary/aromatic N) is 3. The Bertz CT molecular complexity index is 1040. The Morgan fingerprint density at radius 1 is 1.12 bits per heavy atom. The molecule has 0 spiro atoms. The number of carbonyl (C=O) groups is 2. The number of piperazine rings is 1. The maximum atomic E-state index is 13.5. The van der Waals surface area contributed by atoms with E-state index >= 15 is 0 Å². The Morgan fingerprint density at radius 2 is 1.82 bits per heavy atom. The third-order valence-electron chi connectivity index (χ3n) is 5.84. The number of amides is 1. The summed E-state index contributed by atoms with van der Waals surface area (Å²) in [6, 6.07) is 12.8. The van der Waals surface area contributed by atoms with Crippen LogP contribution in [0.15, 0.2) is 53.5 Å². The molecule has 4 rings (SSSR count). The number of guanidine groups is 1. The topological polar surface area (TPSA) is 83.5 Å². The van der Waals surface area contributed by atoms with E-state index < -0.39 is 29.7 Å². The average Bonchev–Trinajstić information content (AvgIpc) is 2.84. The molecule has 1 saturated heterocycles. The van der Waals surface area contributed by atoms with Crippen LogP contribution >= 0.6 is 0 Å². The zero-order valence-corrected chi connectivity index (χ0v) is 18.7. The van der Waals surface area contributed by atoms with Gasteiger partial charge in [0.15, 0.2) is 5.92 Å². The van der Waals surface area contributed by atoms with Gasteiger partial charge in [-0.05, 0) is 36.8 Å². The van der Waals surface area contributed by atoms with Gasteiger partial charge in [0.05, 0.1) is 13.7 Å². The van der Waals surface area contributed by atoms with E-state index in [1.165, 1.54) is 12.1 Å². The number of nitrogens with one attached hydrogen (secondary N) is 1. The summed E-state index contributed by atoms with van der Waals surface area (Å²) in [7, 11) is 1.64. The third kappa shape index (κ3) is 4.92. The van der Waals surface area contributed by atoms with Gasteiger partial charge in [-0.15, -0.1) is 0 Å². The SMILES string of the molecule is CCOC(=O)[C@@H]1C(=O)NC(N2CCN(c3cccc(OC)c3)CC2)=N[C@H]1c1ccc(F)cc1. The van der Waals surface area contributed by atoms with Crippen LogP contribution in [-0.2, 0) is 14.3 Å². The van der Waals surface area contributed by atoms with E-state index in [1.54, 1.807) is 26.2 Å². The highest BCUT2D eigenvalue weighted by atomic mass is 19.1. The number of carbonyl (C=O) groups excluding carboxylic acids is 2. The molecule has 1 amide bonds. The molecule has 0 radical (unpaired) electrons. The molecule has 2 aliphatic heterocycles. The van der Waals surface area contributed by atoms with Crippen molar-refractivity contribution in [3.8, 4) is 5.75 Å². The lowest BCUT2D eigenvalue weighted by Crippen LogP contribution is -2.57. The summed E-state index contributed by atoms with van der Waals surface area (Å²) in [5.74, 6) is -1.43. The summed E-state index contributed by atoms with van der Waals surface area (Å²) in [4.78, 5) is 34.4. The predicted molar refractivity (Wildman–Crippen MR) is 122 cm³/mol. The number of aliphatic imine (C=N–C) groups is 1. The molecule has 2 aromatic carbocycles. The average molecular weight is 455 g/mol. The fraction of sp³-hybridized carbons (Fsp3) is 0.375. The minimum Gasteiger partial charge on any atom is -0.497 e. The quantitative estimate of drug-likeness (QED) is 0.552. The van der Waals surface area contributed by atoms with E-state index in [0.29, 0.717) is 24.6 Å². The molecule has 0 unspecified atom stereocenters. The number of rotatable bonds is 5. The zero-order valence-electron chi connectivity index (χ0n) is 18.7. The summed E-state index contributed by atoms with van der Waals surface area (Å²) >= 11 is 0. The van der Waals surface area contributed by atoms with Crippen LogP contribution < -0.4 is 15.0 Å². The summed E-state index contributed by atoms with van der Waals surface area (Å²) in [5, 5.41) is 2.78. The second-order valence-corrected chi connectivity index (χ2v) is 7.84. The monoisotopic (exact) mass is 454 g/mol. The molecule has 8 nitrogen and oxygen atoms in total. The molecule has 0 aliphatic carbocycles. The lowest BCUT2D eigenvalue weighted by atomic mass is 9.91. The van der Waals surface area contributed by atoms with Crippen molar-refractivity contribution in [2.75, 3.05) is 44.8 Å². The van der Waals surface area contributed by atoms with Gasteiger partial charge >= 0.3 is 5.97 Å². The molecule has 2 aromatic rings. The first-order valence-electron chi connectivity index (χ1n) is 10.9. The maximum Gasteiger partial charge on any atom is 0.321 e. The van der Waals surface area contributed by atoms with Crippen molar-refractivity contribution in [3.63, 3.8) is 0 Å². The minimum absolute atomic E-state index is 0.154. The Morgan fingerprint density at radius 3 is 2.48 bits per heavy atom. The lowest BCUT2D eigenvalue weighted by molar-refractivity contribution is -0.153. The van der Waals surface area contributed by atoms with Crippen LogP contribution in [0.4, 0.5) is 10.1 Å². The van der Waals surface area contributed by atoms with E-state index in [0.717, 1.165) is 24.5 Å². The Hall–Kier alpha value is -3.62. The highest BCUT2D eigenvalue weighted by Crippen LogP contribution is 2.31. The number of hydrogen-bond acceptors (Lipinski definition) is 7. The highest BCUT2D eigenvalue weighted by Gasteiger charge is 2.42. The van der Waals surface area contributed by atoms with Crippen molar-refractivity contribution in [1.29, 1.82) is 0 Å². The van der Waals surface area contributed by atoms with Crippen LogP contribution in [-0.4, -0.2) is 62.6 Å². The smallest absolute Gasteiger partial charge is 0.321 e. The number of esters is 1. The van der Waals surface area contributed by atoms with Crippen LogP contribution in [0, 0.1) is 11.7 Å². The van der Waals surface area contributed by atoms with E-state index in [4.69, 9.17) is 14.5 Å². The van der Waals surface area contributed by atoms with Crippen LogP contribution in [0.2, 0.25) is 0 Å². The van der Waals surface area contributed by atoms with Crippen LogP contribution in [0.5, 0.6) is 5.75 Å². The van der Waals surface area contributed by atoms with Gasteiger partial charge in [0.1, 0.15) is 17.6 Å². The second-order valence-electron chi connectivity index (χ2n) is 7.84. The van der Waals surface area contributed by atoms with Gasteiger partial charge in [0.25, 0.3) is 0 Å². The van der Waals surface area contributed by atoms with E-state index in [2.05, 4.69) is 10.2 Å². The molecular weight excluding hydrogens is 427 g/mol. The number of ether oxygens (including phenoxy) is 2. The maximum absolute atomic E-state index is 13.5. The van der Waals surface area contributed by atoms with E-state index in [1.807, 2.05) is 29.2 Å². The number of hydrogen-bond donors (Lipinski definition) is 1. The molecule has 1 fully saturated rings. The molecule has 0 bridgehead atoms. The van der Waals surface area contributed by atoms with E-state index in [9.17, 15) is 14.0 Å². The molecule has 2 aliphatic rings. The number of halogens is 1. The van der Waals surface area contributed by atoms with Crippen molar-refractivity contribution in [2.45, 2.75) is 13.0 Å². The van der Waals surface area contributed by atoms with Crippen molar-refractivity contribution in [1.82, 2.24) is 10.2 Å². The molecular formula is C24H27FN4O4. The Kier molecular flexibility index (Phi) is 6.76. The molecule has 2 atom stereocenters. The van der Waals surface area contributed by atoms with Gasteiger partial charge in [-0.2, -0.15) is 0 Å². The molecule has 33 heavy (non-hydrogen) atoms. The molecule has 9 heteroatoms. The Labute approximate surface area is 192 Å². The summed E-state index contributed by atoms with van der Waals surface area (Å²) in [6.45, 7) is 4.56. The number of anilines is 1. The minimum atomic E-state index is -1.13. The molecule has 174 valence electrons. The summed E-state index contributed by atoms with van der Waals surface area (Å²) in [6.07, 6.45) is 0.